The molecule has 2 aliphatic heterocycles. The molecule has 0 bridgehead atoms. The van der Waals surface area contributed by atoms with Crippen LogP contribution in [0.4, 0.5) is 5.82 Å². The molecule has 0 radical (unpaired) electrons. The molecule has 30 heavy (non-hydrogen) atoms. The predicted octanol–water partition coefficient (Wildman–Crippen LogP) is 1.29. The van der Waals surface area contributed by atoms with Crippen LogP contribution in [-0.2, 0) is 19.3 Å². The van der Waals surface area contributed by atoms with Gasteiger partial charge in [-0.25, -0.2) is 23.4 Å². The van der Waals surface area contributed by atoms with Crippen LogP contribution in [0.5, 0.6) is 5.75 Å². The number of fused-ring (bicyclic) bond motifs is 4. The molecule has 0 amide bonds. The van der Waals surface area contributed by atoms with E-state index in [9.17, 15) is 8.42 Å². The summed E-state index contributed by atoms with van der Waals surface area (Å²) >= 11 is 0. The van der Waals surface area contributed by atoms with E-state index < -0.39 is 14.6 Å². The average molecular weight is 430 g/mol. The number of hydrogen-bond donors (Lipinski definition) is 1. The van der Waals surface area contributed by atoms with Crippen LogP contribution in [0.25, 0.3) is 22.4 Å². The second kappa shape index (κ2) is 6.61. The van der Waals surface area contributed by atoms with Crippen molar-refractivity contribution in [2.75, 3.05) is 37.5 Å². The zero-order valence-corrected chi connectivity index (χ0v) is 17.7. The van der Waals surface area contributed by atoms with E-state index >= 15 is 0 Å². The van der Waals surface area contributed by atoms with Gasteiger partial charge in [-0.15, -0.1) is 0 Å². The highest BCUT2D eigenvalue weighted by Gasteiger charge is 2.42. The van der Waals surface area contributed by atoms with Gasteiger partial charge in [0.15, 0.2) is 32.9 Å². The molecule has 1 fully saturated rings. The maximum atomic E-state index is 12.7. The molecule has 1 saturated heterocycles. The van der Waals surface area contributed by atoms with Crippen molar-refractivity contribution in [1.82, 2.24) is 25.1 Å². The molecular weight excluding hydrogens is 408 g/mol. The summed E-state index contributed by atoms with van der Waals surface area (Å²) in [5, 5.41) is 7.66. The molecule has 0 unspecified atom stereocenters. The fourth-order valence-corrected chi connectivity index (χ4v) is 4.26. The van der Waals surface area contributed by atoms with Crippen LogP contribution in [0.15, 0.2) is 18.5 Å². The van der Waals surface area contributed by atoms with Crippen LogP contribution in [-0.4, -0.2) is 72.2 Å². The SMILES string of the molecule is CC(C)(c1nc(-c2ccnc3[nH]ncc23)nc2c1OC[C@H]1COCCN21)S(C)(=O)=O. The third-order valence-electron chi connectivity index (χ3n) is 5.86. The van der Waals surface area contributed by atoms with Gasteiger partial charge in [-0.2, -0.15) is 5.10 Å². The van der Waals surface area contributed by atoms with E-state index in [4.69, 9.17) is 19.4 Å². The minimum atomic E-state index is -3.49. The van der Waals surface area contributed by atoms with Gasteiger partial charge in [0.25, 0.3) is 0 Å². The summed E-state index contributed by atoms with van der Waals surface area (Å²) in [4.78, 5) is 15.9. The predicted molar refractivity (Wildman–Crippen MR) is 110 cm³/mol. The smallest absolute Gasteiger partial charge is 0.185 e. The number of pyridine rings is 1. The molecule has 11 heteroatoms. The molecule has 1 N–H and O–H groups in total. The van der Waals surface area contributed by atoms with Crippen molar-refractivity contribution in [3.63, 3.8) is 0 Å². The molecular formula is C19H22N6O4S. The van der Waals surface area contributed by atoms with Gasteiger partial charge in [-0.1, -0.05) is 0 Å². The monoisotopic (exact) mass is 430 g/mol. The van der Waals surface area contributed by atoms with Crippen molar-refractivity contribution in [3.05, 3.63) is 24.2 Å². The zero-order chi connectivity index (χ0) is 21.1. The molecule has 2 aliphatic rings. The van der Waals surface area contributed by atoms with E-state index in [2.05, 4.69) is 20.1 Å². The van der Waals surface area contributed by atoms with E-state index in [1.165, 1.54) is 6.26 Å². The Balaban J connectivity index is 1.79. The average Bonchev–Trinajstić information content (AvgIpc) is 3.21. The van der Waals surface area contributed by atoms with Crippen LogP contribution < -0.4 is 9.64 Å². The number of rotatable bonds is 3. The highest BCUT2D eigenvalue weighted by Crippen LogP contribution is 2.44. The standard InChI is InChI=1S/C19H22N6O4S/c1-19(2,30(3,26)27)15-14-18(25-6-7-28-9-11(25)10-29-14)23-17(22-15)12-4-5-20-16-13(12)8-21-24-16/h4-5,8,11H,6-7,9-10H2,1-3H3,(H,20,21,24)/t11-/m1/s1. The van der Waals surface area contributed by atoms with Gasteiger partial charge in [0.2, 0.25) is 0 Å². The second-order valence-electron chi connectivity index (χ2n) is 8.05. The fraction of sp³-hybridized carbons (Fsp3) is 0.474. The molecule has 1 atom stereocenters. The van der Waals surface area contributed by atoms with Gasteiger partial charge in [-0.3, -0.25) is 5.10 Å². The summed E-state index contributed by atoms with van der Waals surface area (Å²) in [6, 6.07) is 1.83. The Kier molecular flexibility index (Phi) is 4.23. The van der Waals surface area contributed by atoms with E-state index in [1.54, 1.807) is 32.3 Å². The highest BCUT2D eigenvalue weighted by molar-refractivity contribution is 7.91. The minimum Gasteiger partial charge on any atom is -0.486 e. The van der Waals surface area contributed by atoms with E-state index in [0.29, 0.717) is 55.1 Å². The number of nitrogens with zero attached hydrogens (tertiary/aromatic N) is 5. The number of morpholine rings is 1. The largest absolute Gasteiger partial charge is 0.486 e. The van der Waals surface area contributed by atoms with Crippen molar-refractivity contribution in [2.45, 2.75) is 24.6 Å². The van der Waals surface area contributed by atoms with Gasteiger partial charge >= 0.3 is 0 Å². The highest BCUT2D eigenvalue weighted by atomic mass is 32.2. The van der Waals surface area contributed by atoms with Crippen LogP contribution in [0, 0.1) is 0 Å². The second-order valence-corrected chi connectivity index (χ2v) is 10.6. The first-order valence-electron chi connectivity index (χ1n) is 9.65. The maximum absolute atomic E-state index is 12.7. The van der Waals surface area contributed by atoms with Gasteiger partial charge in [0, 0.05) is 29.9 Å². The zero-order valence-electron chi connectivity index (χ0n) is 16.9. The van der Waals surface area contributed by atoms with Crippen LogP contribution in [0.3, 0.4) is 0 Å². The Morgan fingerprint density at radius 2 is 2.10 bits per heavy atom. The molecule has 10 nitrogen and oxygen atoms in total. The Morgan fingerprint density at radius 1 is 1.27 bits per heavy atom. The lowest BCUT2D eigenvalue weighted by Gasteiger charge is -2.41. The first-order valence-corrected chi connectivity index (χ1v) is 11.5. The number of sulfone groups is 1. The number of anilines is 1. The number of aromatic nitrogens is 5. The first kappa shape index (κ1) is 19.2. The fourth-order valence-electron chi connectivity index (χ4n) is 3.77. The normalized spacial score (nSPS) is 19.3. The molecule has 0 aromatic carbocycles. The van der Waals surface area contributed by atoms with Crippen molar-refractivity contribution >= 4 is 26.7 Å². The quantitative estimate of drug-likeness (QED) is 0.654. The number of ether oxygens (including phenoxy) is 2. The van der Waals surface area contributed by atoms with Crippen molar-refractivity contribution < 1.29 is 17.9 Å². The van der Waals surface area contributed by atoms with Crippen molar-refractivity contribution in [2.24, 2.45) is 0 Å². The molecule has 0 spiro atoms. The number of H-pyrrole nitrogens is 1. The lowest BCUT2D eigenvalue weighted by Crippen LogP contribution is -2.52. The molecule has 3 aromatic heterocycles. The molecule has 3 aromatic rings. The summed E-state index contributed by atoms with van der Waals surface area (Å²) in [6.45, 7) is 5.43. The Hall–Kier alpha value is -2.79. The summed E-state index contributed by atoms with van der Waals surface area (Å²) in [7, 11) is -3.49. The third kappa shape index (κ3) is 2.83. The van der Waals surface area contributed by atoms with Gasteiger partial charge in [0.05, 0.1) is 25.5 Å². The Bertz CT molecular complexity index is 1240. The minimum absolute atomic E-state index is 0.0228. The third-order valence-corrected chi connectivity index (χ3v) is 7.91. The molecule has 0 saturated carbocycles. The summed E-state index contributed by atoms with van der Waals surface area (Å²) in [5.74, 6) is 1.43. The van der Waals surface area contributed by atoms with Crippen molar-refractivity contribution in [1.29, 1.82) is 0 Å². The van der Waals surface area contributed by atoms with E-state index in [0.717, 1.165) is 10.9 Å². The van der Waals surface area contributed by atoms with E-state index in [-0.39, 0.29) is 6.04 Å². The summed E-state index contributed by atoms with van der Waals surface area (Å²) < 4.78 is 35.7. The van der Waals surface area contributed by atoms with Crippen molar-refractivity contribution in [3.8, 4) is 17.1 Å². The maximum Gasteiger partial charge on any atom is 0.185 e. The lowest BCUT2D eigenvalue weighted by atomic mass is 10.0. The lowest BCUT2D eigenvalue weighted by molar-refractivity contribution is 0.0691. The van der Waals surface area contributed by atoms with E-state index in [1.807, 2.05) is 0 Å². The van der Waals surface area contributed by atoms with Gasteiger partial charge < -0.3 is 14.4 Å². The van der Waals surface area contributed by atoms with Crippen LogP contribution in [0.2, 0.25) is 0 Å². The number of hydrogen-bond acceptors (Lipinski definition) is 9. The Morgan fingerprint density at radius 3 is 2.90 bits per heavy atom. The molecule has 5 rings (SSSR count). The first-order chi connectivity index (χ1) is 14.3. The molecule has 0 aliphatic carbocycles. The van der Waals surface area contributed by atoms with Gasteiger partial charge in [-0.05, 0) is 19.9 Å². The number of nitrogens with one attached hydrogen (secondary N) is 1. The van der Waals surface area contributed by atoms with Crippen LogP contribution in [0.1, 0.15) is 19.5 Å². The van der Waals surface area contributed by atoms with Gasteiger partial charge in [0.1, 0.15) is 17.0 Å². The molecule has 5 heterocycles. The number of aromatic amines is 1. The summed E-state index contributed by atoms with van der Waals surface area (Å²) in [6.07, 6.45) is 4.52. The summed E-state index contributed by atoms with van der Waals surface area (Å²) in [5.41, 5.74) is 1.68. The van der Waals surface area contributed by atoms with Crippen LogP contribution >= 0.6 is 0 Å². The molecule has 158 valence electrons. The Labute approximate surface area is 173 Å². The topological polar surface area (TPSA) is 123 Å².